The van der Waals surface area contributed by atoms with Gasteiger partial charge in [0.15, 0.2) is 11.5 Å². The number of hydrogen-bond acceptors (Lipinski definition) is 6. The number of aromatic nitrogens is 2. The van der Waals surface area contributed by atoms with Gasteiger partial charge >= 0.3 is 0 Å². The van der Waals surface area contributed by atoms with Crippen LogP contribution in [0.5, 0.6) is 0 Å². The molecule has 4 aromatic rings. The van der Waals surface area contributed by atoms with Crippen LogP contribution in [-0.4, -0.2) is 22.7 Å². The summed E-state index contributed by atoms with van der Waals surface area (Å²) < 4.78 is 11.5. The van der Waals surface area contributed by atoms with Crippen LogP contribution in [0.2, 0.25) is 0 Å². The van der Waals surface area contributed by atoms with E-state index in [0.29, 0.717) is 0 Å². The number of rotatable bonds is 6. The Morgan fingerprint density at radius 1 is 0.574 bits per heavy atom. The molecular weight excluding hydrogens is 764 g/mol. The SMILES string of the molecule is CC1(C)C=CC(c2noc(-c3ccccc3)c2C2=CN=CC2)=C1.CC1(C)C=CC(c2noc(-c3ccccc3)c2C2=CN=CC2)=C1.[Pt]. The molecule has 0 fully saturated rings. The third-order valence-corrected chi connectivity index (χ3v) is 8.38. The van der Waals surface area contributed by atoms with E-state index in [4.69, 9.17) is 9.05 Å². The molecule has 2 aliphatic heterocycles. The maximum atomic E-state index is 5.75. The van der Waals surface area contributed by atoms with Gasteiger partial charge in [-0.15, -0.1) is 0 Å². The maximum Gasteiger partial charge on any atom is 0.175 e. The van der Waals surface area contributed by atoms with E-state index in [1.165, 1.54) is 0 Å². The Hall–Kier alpha value is -4.67. The molecule has 0 bridgehead atoms. The molecule has 2 aromatic carbocycles. The zero-order valence-corrected chi connectivity index (χ0v) is 29.2. The Bertz CT molecular complexity index is 1880. The molecule has 0 unspecified atom stereocenters. The predicted molar refractivity (Wildman–Crippen MR) is 188 cm³/mol. The van der Waals surface area contributed by atoms with Gasteiger partial charge in [0.1, 0.15) is 11.4 Å². The van der Waals surface area contributed by atoms with Gasteiger partial charge in [-0.25, -0.2) is 0 Å². The van der Waals surface area contributed by atoms with E-state index in [9.17, 15) is 0 Å². The van der Waals surface area contributed by atoms with Crippen molar-refractivity contribution >= 4 is 34.7 Å². The van der Waals surface area contributed by atoms with Crippen molar-refractivity contribution in [3.8, 4) is 22.6 Å². The summed E-state index contributed by atoms with van der Waals surface area (Å²) in [6.07, 6.45) is 22.4. The average Bonchev–Trinajstić information content (AvgIpc) is 3.90. The van der Waals surface area contributed by atoms with E-state index >= 15 is 0 Å². The van der Waals surface area contributed by atoms with E-state index < -0.39 is 0 Å². The summed E-state index contributed by atoms with van der Waals surface area (Å²) in [5.74, 6) is 1.63. The number of hydrogen-bond donors (Lipinski definition) is 0. The second-order valence-corrected chi connectivity index (χ2v) is 13.1. The summed E-state index contributed by atoms with van der Waals surface area (Å²) in [4.78, 5) is 8.52. The smallest absolute Gasteiger partial charge is 0.175 e. The van der Waals surface area contributed by atoms with Crippen LogP contribution in [0.15, 0.2) is 129 Å². The summed E-state index contributed by atoms with van der Waals surface area (Å²) in [6.45, 7) is 8.75. The van der Waals surface area contributed by atoms with E-state index in [0.717, 1.165) is 80.3 Å². The first-order chi connectivity index (χ1) is 22.3. The van der Waals surface area contributed by atoms with Crippen LogP contribution in [0.1, 0.15) is 63.1 Å². The van der Waals surface area contributed by atoms with Gasteiger partial charge in [-0.05, 0) is 11.1 Å². The Morgan fingerprint density at radius 2 is 0.979 bits per heavy atom. The molecule has 0 amide bonds. The van der Waals surface area contributed by atoms with Crippen molar-refractivity contribution in [1.29, 1.82) is 0 Å². The topological polar surface area (TPSA) is 76.8 Å². The molecule has 0 spiro atoms. The summed E-state index contributed by atoms with van der Waals surface area (Å²) in [5, 5.41) is 8.79. The number of aliphatic imine (C=N–C) groups is 2. The average molecular weight is 800 g/mol. The molecule has 0 atom stereocenters. The van der Waals surface area contributed by atoms with Crippen LogP contribution in [-0.2, 0) is 21.1 Å². The quantitative estimate of drug-likeness (QED) is 0.195. The molecule has 6 nitrogen and oxygen atoms in total. The molecular formula is C40H36N4O2Pt. The van der Waals surface area contributed by atoms with Gasteiger partial charge in [-0.3, -0.25) is 9.98 Å². The Labute approximate surface area is 290 Å². The number of benzene rings is 2. The first-order valence-electron chi connectivity index (χ1n) is 15.7. The minimum absolute atomic E-state index is 0. The Morgan fingerprint density at radius 3 is 1.30 bits per heavy atom. The molecule has 238 valence electrons. The second kappa shape index (κ2) is 13.2. The van der Waals surface area contributed by atoms with E-state index in [-0.39, 0.29) is 31.9 Å². The van der Waals surface area contributed by atoms with Gasteiger partial charge in [0.2, 0.25) is 0 Å². The minimum atomic E-state index is 0. The molecule has 7 heteroatoms. The van der Waals surface area contributed by atoms with Crippen molar-refractivity contribution in [3.63, 3.8) is 0 Å². The molecule has 4 aliphatic rings. The molecule has 47 heavy (non-hydrogen) atoms. The molecule has 0 saturated carbocycles. The maximum absolute atomic E-state index is 5.75. The van der Waals surface area contributed by atoms with Gasteiger partial charge in [-0.1, -0.05) is 135 Å². The van der Waals surface area contributed by atoms with Crippen LogP contribution in [0.3, 0.4) is 0 Å². The van der Waals surface area contributed by atoms with Gasteiger partial charge in [0.05, 0.1) is 11.1 Å². The zero-order chi connectivity index (χ0) is 31.7. The third kappa shape index (κ3) is 6.75. The van der Waals surface area contributed by atoms with Crippen molar-refractivity contribution in [2.75, 3.05) is 0 Å². The molecule has 8 rings (SSSR count). The first-order valence-corrected chi connectivity index (χ1v) is 15.7. The first kappa shape index (κ1) is 32.3. The fraction of sp³-hybridized carbons (Fsp3) is 0.200. The molecule has 0 N–H and O–H groups in total. The molecule has 0 radical (unpaired) electrons. The summed E-state index contributed by atoms with van der Waals surface area (Å²) >= 11 is 0. The molecule has 4 heterocycles. The summed E-state index contributed by atoms with van der Waals surface area (Å²) in [5.41, 5.74) is 10.6. The van der Waals surface area contributed by atoms with Gasteiger partial charge < -0.3 is 9.05 Å². The van der Waals surface area contributed by atoms with Crippen LogP contribution in [0.4, 0.5) is 0 Å². The van der Waals surface area contributed by atoms with Crippen molar-refractivity contribution in [2.45, 2.75) is 40.5 Å². The Balaban J connectivity index is 0.000000161. The zero-order valence-electron chi connectivity index (χ0n) is 26.9. The van der Waals surface area contributed by atoms with Crippen LogP contribution in [0.25, 0.3) is 44.9 Å². The van der Waals surface area contributed by atoms with Crippen molar-refractivity contribution in [3.05, 3.63) is 132 Å². The van der Waals surface area contributed by atoms with Crippen LogP contribution in [0, 0.1) is 10.8 Å². The number of allylic oxidation sites excluding steroid dienone is 10. The molecule has 0 saturated heterocycles. The third-order valence-electron chi connectivity index (χ3n) is 8.38. The van der Waals surface area contributed by atoms with E-state index in [1.54, 1.807) is 0 Å². The fourth-order valence-corrected chi connectivity index (χ4v) is 6.07. The van der Waals surface area contributed by atoms with Crippen molar-refractivity contribution < 1.29 is 30.1 Å². The molecule has 2 aliphatic carbocycles. The standard InChI is InChI=1S/2C20H18N2O.Pt/c2*1-20(2)10-8-15(12-20)18-17(16-9-11-21-13-16)19(23-22-18)14-6-4-3-5-7-14;/h2*3-8,10-13H,9H2,1-2H3;. The van der Waals surface area contributed by atoms with E-state index in [2.05, 4.69) is 84.4 Å². The van der Waals surface area contributed by atoms with Gasteiger partial charge in [-0.2, -0.15) is 0 Å². The van der Waals surface area contributed by atoms with E-state index in [1.807, 2.05) is 85.5 Å². The monoisotopic (exact) mass is 799 g/mol. The van der Waals surface area contributed by atoms with Crippen molar-refractivity contribution in [1.82, 2.24) is 10.3 Å². The fourth-order valence-electron chi connectivity index (χ4n) is 6.07. The largest absolute Gasteiger partial charge is 0.355 e. The Kier molecular flexibility index (Phi) is 9.07. The second-order valence-electron chi connectivity index (χ2n) is 13.1. The minimum Gasteiger partial charge on any atom is -0.355 e. The predicted octanol–water partition coefficient (Wildman–Crippen LogP) is 10.3. The van der Waals surface area contributed by atoms with Crippen LogP contribution < -0.4 is 0 Å². The normalized spacial score (nSPS) is 18.0. The number of nitrogens with zero attached hydrogens (tertiary/aromatic N) is 4. The molecule has 2 aromatic heterocycles. The van der Waals surface area contributed by atoms with Gasteiger partial charge in [0.25, 0.3) is 0 Å². The summed E-state index contributed by atoms with van der Waals surface area (Å²) in [6, 6.07) is 20.3. The van der Waals surface area contributed by atoms with Gasteiger partial charge in [0, 0.05) is 91.8 Å². The summed E-state index contributed by atoms with van der Waals surface area (Å²) in [7, 11) is 0. The van der Waals surface area contributed by atoms with Crippen molar-refractivity contribution in [2.24, 2.45) is 20.8 Å². The van der Waals surface area contributed by atoms with Crippen LogP contribution >= 0.6 is 0 Å².